The van der Waals surface area contributed by atoms with E-state index in [0.29, 0.717) is 31.6 Å². The number of aliphatic hydroxyl groups is 1. The summed E-state index contributed by atoms with van der Waals surface area (Å²) in [6.07, 6.45) is 49.9. The van der Waals surface area contributed by atoms with E-state index < -0.39 is 97.5 Å². The molecule has 0 spiro atoms. The topological polar surface area (TPSA) is 237 Å². The Morgan fingerprint density at radius 2 is 0.505 bits per heavy atom. The highest BCUT2D eigenvalue weighted by Crippen LogP contribution is 2.45. The van der Waals surface area contributed by atoms with E-state index in [9.17, 15) is 43.2 Å². The van der Waals surface area contributed by atoms with Crippen molar-refractivity contribution in [3.63, 3.8) is 0 Å². The van der Waals surface area contributed by atoms with Gasteiger partial charge in [-0.05, 0) is 49.4 Å². The van der Waals surface area contributed by atoms with Gasteiger partial charge in [-0.15, -0.1) is 0 Å². The largest absolute Gasteiger partial charge is 0.472 e. The van der Waals surface area contributed by atoms with Crippen molar-refractivity contribution in [2.24, 2.45) is 23.7 Å². The maximum absolute atomic E-state index is 13.1. The van der Waals surface area contributed by atoms with Crippen LogP contribution in [0.4, 0.5) is 0 Å². The molecule has 0 aliphatic rings. The highest BCUT2D eigenvalue weighted by atomic mass is 31.2. The van der Waals surface area contributed by atoms with Crippen LogP contribution in [0.3, 0.4) is 0 Å². The number of carbonyl (C=O) groups is 4. The Labute approximate surface area is 581 Å². The Kier molecular flexibility index (Phi) is 64.0. The van der Waals surface area contributed by atoms with Crippen LogP contribution in [0.25, 0.3) is 0 Å². The second-order valence-electron chi connectivity index (χ2n) is 29.1. The minimum atomic E-state index is -4.96. The van der Waals surface area contributed by atoms with Gasteiger partial charge in [0.15, 0.2) is 12.2 Å². The summed E-state index contributed by atoms with van der Waals surface area (Å²) in [5.74, 6) is 0.953. The number of ether oxygens (including phenoxy) is 4. The van der Waals surface area contributed by atoms with Gasteiger partial charge in [0.05, 0.1) is 26.4 Å². The highest BCUT2D eigenvalue weighted by molar-refractivity contribution is 7.47. The summed E-state index contributed by atoms with van der Waals surface area (Å²) in [7, 11) is -9.91. The molecule has 6 atom stereocenters. The number of aliphatic hydroxyl groups excluding tert-OH is 1. The van der Waals surface area contributed by atoms with Crippen molar-refractivity contribution in [3.8, 4) is 0 Å². The van der Waals surface area contributed by atoms with Crippen molar-refractivity contribution in [1.82, 2.24) is 0 Å². The van der Waals surface area contributed by atoms with Crippen molar-refractivity contribution in [2.75, 3.05) is 39.6 Å². The fourth-order valence-electron chi connectivity index (χ4n) is 11.5. The standard InChI is InChI=1S/C76H148O17P2/c1-9-69(8)55-47-39-31-23-16-12-10-11-13-17-25-33-42-50-58-75(80)93-72(63-87-74(79)57-49-41-35-27-30-38-46-54-68(6)7)65-91-95(84,85)89-61-70(77)60-88-94(82,83)90-64-71(62-86-73(78)56-48-40-32-24-20-19-22-29-37-45-53-67(4)5)92-76(81)59-51-43-34-26-18-14-15-21-28-36-44-52-66(2)3/h66-72,77H,9-65H2,1-8H3,(H,82,83)(H,84,85)/t69?,70?,71-,72-/m1/s1. The van der Waals surface area contributed by atoms with E-state index in [1.165, 1.54) is 180 Å². The lowest BCUT2D eigenvalue weighted by molar-refractivity contribution is -0.161. The summed E-state index contributed by atoms with van der Waals surface area (Å²) in [4.78, 5) is 72.8. The zero-order valence-corrected chi connectivity index (χ0v) is 64.1. The summed E-state index contributed by atoms with van der Waals surface area (Å²) in [6.45, 7) is 14.2. The number of phosphoric acid groups is 2. The van der Waals surface area contributed by atoms with Crippen molar-refractivity contribution in [1.29, 1.82) is 0 Å². The average Bonchev–Trinajstić information content (AvgIpc) is 2.20. The molecule has 17 nitrogen and oxygen atoms in total. The third-order valence-corrected chi connectivity index (χ3v) is 19.8. The molecule has 0 bridgehead atoms. The van der Waals surface area contributed by atoms with Crippen LogP contribution in [-0.4, -0.2) is 96.7 Å². The van der Waals surface area contributed by atoms with Crippen molar-refractivity contribution in [3.05, 3.63) is 0 Å². The Morgan fingerprint density at radius 3 is 0.747 bits per heavy atom. The smallest absolute Gasteiger partial charge is 0.462 e. The molecular weight excluding hydrogens is 1250 g/mol. The predicted molar refractivity (Wildman–Crippen MR) is 386 cm³/mol. The minimum Gasteiger partial charge on any atom is -0.462 e. The van der Waals surface area contributed by atoms with Crippen LogP contribution in [0, 0.1) is 23.7 Å². The summed E-state index contributed by atoms with van der Waals surface area (Å²) in [5.41, 5.74) is 0. The molecule has 0 heterocycles. The number of rotatable bonds is 73. The van der Waals surface area contributed by atoms with Crippen molar-refractivity contribution in [2.45, 2.75) is 401 Å². The number of esters is 4. The first kappa shape index (κ1) is 93.1. The zero-order chi connectivity index (χ0) is 70.3. The SMILES string of the molecule is CCC(C)CCCCCCCCCCCCCCCCC(=O)O[C@H](COC(=O)CCCCCCCCCC(C)C)COP(=O)(O)OCC(O)COP(=O)(O)OC[C@@H](COC(=O)CCCCCCCCCCCCC(C)C)OC(=O)CCCCCCCCCCCCCC(C)C. The number of hydrogen-bond donors (Lipinski definition) is 3. The summed E-state index contributed by atoms with van der Waals surface area (Å²) >= 11 is 0. The van der Waals surface area contributed by atoms with E-state index in [1.54, 1.807) is 0 Å². The number of carbonyl (C=O) groups excluding carboxylic acids is 4. The molecule has 564 valence electrons. The Bertz CT molecular complexity index is 1870. The molecule has 19 heteroatoms. The van der Waals surface area contributed by atoms with Gasteiger partial charge in [-0.1, -0.05) is 331 Å². The van der Waals surface area contributed by atoms with Gasteiger partial charge >= 0.3 is 39.5 Å². The number of unbranched alkanes of at least 4 members (excludes halogenated alkanes) is 38. The molecule has 0 saturated heterocycles. The van der Waals surface area contributed by atoms with Gasteiger partial charge in [0.25, 0.3) is 0 Å². The first-order valence-corrected chi connectivity index (χ1v) is 42.2. The summed E-state index contributed by atoms with van der Waals surface area (Å²) in [5, 5.41) is 10.6. The zero-order valence-electron chi connectivity index (χ0n) is 62.3. The molecule has 4 unspecified atom stereocenters. The molecule has 0 amide bonds. The normalized spacial score (nSPS) is 14.4. The second kappa shape index (κ2) is 65.4. The molecule has 0 aromatic rings. The van der Waals surface area contributed by atoms with Crippen LogP contribution in [-0.2, 0) is 65.4 Å². The molecule has 3 N–H and O–H groups in total. The lowest BCUT2D eigenvalue weighted by atomic mass is 9.99. The highest BCUT2D eigenvalue weighted by Gasteiger charge is 2.30. The fraction of sp³-hybridized carbons (Fsp3) is 0.947. The van der Waals surface area contributed by atoms with E-state index in [0.717, 1.165) is 114 Å². The lowest BCUT2D eigenvalue weighted by Gasteiger charge is -2.21. The number of phosphoric ester groups is 2. The maximum atomic E-state index is 13.1. The average molecular weight is 1400 g/mol. The first-order chi connectivity index (χ1) is 45.6. The van der Waals surface area contributed by atoms with Crippen LogP contribution < -0.4 is 0 Å². The van der Waals surface area contributed by atoms with Crippen molar-refractivity contribution >= 4 is 39.5 Å². The molecule has 0 aromatic heterocycles. The molecule has 0 fully saturated rings. The molecule has 0 aliphatic heterocycles. The van der Waals surface area contributed by atoms with E-state index in [-0.39, 0.29) is 25.7 Å². The third kappa shape index (κ3) is 69.0. The molecule has 0 rings (SSSR count). The van der Waals surface area contributed by atoms with Gasteiger partial charge in [0.1, 0.15) is 19.3 Å². The van der Waals surface area contributed by atoms with E-state index >= 15 is 0 Å². The Morgan fingerprint density at radius 1 is 0.295 bits per heavy atom. The van der Waals surface area contributed by atoms with E-state index in [4.69, 9.17) is 37.0 Å². The Balaban J connectivity index is 5.24. The van der Waals surface area contributed by atoms with Gasteiger partial charge in [0.2, 0.25) is 0 Å². The lowest BCUT2D eigenvalue weighted by Crippen LogP contribution is -2.30. The summed E-state index contributed by atoms with van der Waals surface area (Å²) in [6, 6.07) is 0. The van der Waals surface area contributed by atoms with Gasteiger partial charge in [-0.2, -0.15) is 0 Å². The molecule has 95 heavy (non-hydrogen) atoms. The molecule has 0 aliphatic carbocycles. The Hall–Kier alpha value is -1.94. The minimum absolute atomic E-state index is 0.106. The van der Waals surface area contributed by atoms with Crippen LogP contribution in [0.5, 0.6) is 0 Å². The van der Waals surface area contributed by atoms with Crippen LogP contribution >= 0.6 is 15.6 Å². The van der Waals surface area contributed by atoms with Gasteiger partial charge < -0.3 is 33.8 Å². The summed E-state index contributed by atoms with van der Waals surface area (Å²) < 4.78 is 68.5. The molecule has 0 saturated carbocycles. The first-order valence-electron chi connectivity index (χ1n) is 39.2. The number of hydrogen-bond acceptors (Lipinski definition) is 15. The van der Waals surface area contributed by atoms with Gasteiger partial charge in [0, 0.05) is 25.7 Å². The van der Waals surface area contributed by atoms with Crippen LogP contribution in [0.2, 0.25) is 0 Å². The van der Waals surface area contributed by atoms with Crippen LogP contribution in [0.1, 0.15) is 383 Å². The van der Waals surface area contributed by atoms with Gasteiger partial charge in [-0.3, -0.25) is 37.3 Å². The van der Waals surface area contributed by atoms with E-state index in [1.807, 2.05) is 0 Å². The third-order valence-electron chi connectivity index (χ3n) is 17.9. The molecular formula is C76H148O17P2. The quantitative estimate of drug-likeness (QED) is 0.0222. The van der Waals surface area contributed by atoms with Crippen LogP contribution in [0.15, 0.2) is 0 Å². The molecule has 0 aromatic carbocycles. The maximum Gasteiger partial charge on any atom is 0.472 e. The van der Waals surface area contributed by atoms with E-state index in [2.05, 4.69) is 55.4 Å². The fourth-order valence-corrected chi connectivity index (χ4v) is 13.1. The second-order valence-corrected chi connectivity index (χ2v) is 32.0. The predicted octanol–water partition coefficient (Wildman–Crippen LogP) is 22.0. The molecule has 0 radical (unpaired) electrons. The van der Waals surface area contributed by atoms with Crippen molar-refractivity contribution < 1.29 is 80.2 Å². The monoisotopic (exact) mass is 1400 g/mol. The van der Waals surface area contributed by atoms with Gasteiger partial charge in [-0.25, -0.2) is 9.13 Å².